The molecule has 1 N–H and O–H groups in total. The number of carbonyl (C=O) groups is 1. The highest BCUT2D eigenvalue weighted by atomic mass is 35.5. The van der Waals surface area contributed by atoms with Crippen LogP contribution in [0.2, 0.25) is 5.02 Å². The number of nitrogens with zero attached hydrogens (tertiary/aromatic N) is 1. The van der Waals surface area contributed by atoms with E-state index in [2.05, 4.69) is 24.1 Å². The Hall–Kier alpha value is -1.06. The highest BCUT2D eigenvalue weighted by Gasteiger charge is 2.03. The van der Waals surface area contributed by atoms with Crippen molar-refractivity contribution in [3.63, 3.8) is 0 Å². The highest BCUT2D eigenvalue weighted by molar-refractivity contribution is 6.30. The summed E-state index contributed by atoms with van der Waals surface area (Å²) in [4.78, 5) is 14.2. The fourth-order valence-electron chi connectivity index (χ4n) is 2.23. The zero-order valence-electron chi connectivity index (χ0n) is 13.2. The van der Waals surface area contributed by atoms with Crippen LogP contribution in [0.3, 0.4) is 0 Å². The van der Waals surface area contributed by atoms with E-state index in [0.29, 0.717) is 6.42 Å². The van der Waals surface area contributed by atoms with Gasteiger partial charge in [0.2, 0.25) is 5.91 Å². The average molecular weight is 311 g/mol. The Morgan fingerprint density at radius 2 is 1.81 bits per heavy atom. The molecule has 4 heteroatoms. The van der Waals surface area contributed by atoms with E-state index in [4.69, 9.17) is 11.6 Å². The number of hydrogen-bond donors (Lipinski definition) is 1. The second-order valence-corrected chi connectivity index (χ2v) is 5.65. The van der Waals surface area contributed by atoms with Crippen LogP contribution in [0.4, 0.5) is 0 Å². The predicted molar refractivity (Wildman–Crippen MR) is 89.8 cm³/mol. The summed E-state index contributed by atoms with van der Waals surface area (Å²) in [7, 11) is 0. The van der Waals surface area contributed by atoms with E-state index < -0.39 is 0 Å². The maximum absolute atomic E-state index is 11.7. The van der Waals surface area contributed by atoms with Crippen LogP contribution in [-0.2, 0) is 11.2 Å². The summed E-state index contributed by atoms with van der Waals surface area (Å²) in [5, 5.41) is 3.72. The van der Waals surface area contributed by atoms with Gasteiger partial charge in [0.25, 0.3) is 0 Å². The maximum Gasteiger partial charge on any atom is 0.220 e. The van der Waals surface area contributed by atoms with Crippen molar-refractivity contribution < 1.29 is 4.79 Å². The molecule has 0 radical (unpaired) electrons. The van der Waals surface area contributed by atoms with Crippen LogP contribution in [0.1, 0.15) is 38.7 Å². The van der Waals surface area contributed by atoms with Crippen molar-refractivity contribution in [3.05, 3.63) is 34.9 Å². The fraction of sp³-hybridized carbons (Fsp3) is 0.588. The lowest BCUT2D eigenvalue weighted by molar-refractivity contribution is -0.121. The number of benzene rings is 1. The number of halogens is 1. The minimum Gasteiger partial charge on any atom is -0.356 e. The first-order valence-corrected chi connectivity index (χ1v) is 8.27. The van der Waals surface area contributed by atoms with Crippen molar-refractivity contribution in [2.75, 3.05) is 26.2 Å². The zero-order valence-corrected chi connectivity index (χ0v) is 14.0. The number of aryl methyl sites for hydroxylation is 1. The van der Waals surface area contributed by atoms with Crippen LogP contribution in [0.15, 0.2) is 24.3 Å². The molecule has 0 heterocycles. The van der Waals surface area contributed by atoms with E-state index in [9.17, 15) is 4.79 Å². The van der Waals surface area contributed by atoms with E-state index in [1.165, 1.54) is 0 Å². The van der Waals surface area contributed by atoms with Gasteiger partial charge in [0.1, 0.15) is 0 Å². The first-order chi connectivity index (χ1) is 10.2. The van der Waals surface area contributed by atoms with Gasteiger partial charge in [0, 0.05) is 18.0 Å². The molecule has 0 saturated heterocycles. The Balaban J connectivity index is 2.07. The molecule has 0 unspecified atom stereocenters. The van der Waals surface area contributed by atoms with E-state index >= 15 is 0 Å². The van der Waals surface area contributed by atoms with Crippen molar-refractivity contribution in [2.24, 2.45) is 0 Å². The number of rotatable bonds is 10. The van der Waals surface area contributed by atoms with E-state index in [-0.39, 0.29) is 5.91 Å². The lowest BCUT2D eigenvalue weighted by Crippen LogP contribution is -2.27. The van der Waals surface area contributed by atoms with Crippen molar-refractivity contribution in [1.82, 2.24) is 10.2 Å². The quantitative estimate of drug-likeness (QED) is 0.671. The van der Waals surface area contributed by atoms with Gasteiger partial charge >= 0.3 is 0 Å². The van der Waals surface area contributed by atoms with Crippen LogP contribution in [0, 0.1) is 0 Å². The van der Waals surface area contributed by atoms with Gasteiger partial charge in [-0.15, -0.1) is 0 Å². The van der Waals surface area contributed by atoms with E-state index in [1.54, 1.807) is 0 Å². The first kappa shape index (κ1) is 18.0. The molecule has 0 aliphatic heterocycles. The molecule has 0 saturated carbocycles. The van der Waals surface area contributed by atoms with E-state index in [1.807, 2.05) is 24.3 Å². The lowest BCUT2D eigenvalue weighted by Gasteiger charge is -2.17. The molecule has 1 aromatic carbocycles. The molecule has 0 bridgehead atoms. The van der Waals surface area contributed by atoms with Gasteiger partial charge < -0.3 is 10.2 Å². The highest BCUT2D eigenvalue weighted by Crippen LogP contribution is 2.10. The van der Waals surface area contributed by atoms with Crippen molar-refractivity contribution in [3.8, 4) is 0 Å². The number of hydrogen-bond acceptors (Lipinski definition) is 2. The van der Waals surface area contributed by atoms with Crippen molar-refractivity contribution in [2.45, 2.75) is 39.5 Å². The normalized spacial score (nSPS) is 10.9. The molecule has 1 aromatic rings. The molecule has 21 heavy (non-hydrogen) atoms. The molecule has 0 aliphatic rings. The first-order valence-electron chi connectivity index (χ1n) is 7.89. The summed E-state index contributed by atoms with van der Waals surface area (Å²) in [6.45, 7) is 8.46. The summed E-state index contributed by atoms with van der Waals surface area (Å²) in [5.41, 5.74) is 1.15. The molecule has 3 nitrogen and oxygen atoms in total. The minimum atomic E-state index is 0.132. The second kappa shape index (κ2) is 10.6. The predicted octanol–water partition coefficient (Wildman–Crippen LogP) is 3.51. The standard InChI is InChI=1S/C17H27ClN2O/c1-3-20(4-2)14-6-5-13-19-17(21)12-9-15-7-10-16(18)11-8-15/h7-8,10-11H,3-6,9,12-14H2,1-2H3,(H,19,21). The third-order valence-electron chi connectivity index (χ3n) is 3.67. The molecule has 0 spiro atoms. The molecule has 0 fully saturated rings. The Morgan fingerprint density at radius 1 is 1.14 bits per heavy atom. The second-order valence-electron chi connectivity index (χ2n) is 5.21. The Bertz CT molecular complexity index is 402. The topological polar surface area (TPSA) is 32.3 Å². The molecular weight excluding hydrogens is 284 g/mol. The van der Waals surface area contributed by atoms with Crippen LogP contribution >= 0.6 is 11.6 Å². The number of nitrogens with one attached hydrogen (secondary N) is 1. The third kappa shape index (κ3) is 8.08. The fourth-order valence-corrected chi connectivity index (χ4v) is 2.35. The zero-order chi connectivity index (χ0) is 15.5. The molecule has 0 atom stereocenters. The summed E-state index contributed by atoms with van der Waals surface area (Å²) >= 11 is 5.83. The smallest absolute Gasteiger partial charge is 0.220 e. The van der Waals surface area contributed by atoms with Crippen LogP contribution in [0.5, 0.6) is 0 Å². The monoisotopic (exact) mass is 310 g/mol. The summed E-state index contributed by atoms with van der Waals surface area (Å²) in [6.07, 6.45) is 3.49. The van der Waals surface area contributed by atoms with Gasteiger partial charge in [-0.25, -0.2) is 0 Å². The molecular formula is C17H27ClN2O. The van der Waals surface area contributed by atoms with Gasteiger partial charge in [-0.1, -0.05) is 37.6 Å². The number of unbranched alkanes of at least 4 members (excludes halogenated alkanes) is 1. The Morgan fingerprint density at radius 3 is 2.43 bits per heavy atom. The van der Waals surface area contributed by atoms with Crippen LogP contribution < -0.4 is 5.32 Å². The van der Waals surface area contributed by atoms with Gasteiger partial charge in [-0.2, -0.15) is 0 Å². The maximum atomic E-state index is 11.7. The van der Waals surface area contributed by atoms with E-state index in [0.717, 1.165) is 56.0 Å². The largest absolute Gasteiger partial charge is 0.356 e. The summed E-state index contributed by atoms with van der Waals surface area (Å²) < 4.78 is 0. The minimum absolute atomic E-state index is 0.132. The van der Waals surface area contributed by atoms with Gasteiger partial charge in [0.15, 0.2) is 0 Å². The van der Waals surface area contributed by atoms with Gasteiger partial charge in [0.05, 0.1) is 0 Å². The molecule has 1 amide bonds. The van der Waals surface area contributed by atoms with Crippen molar-refractivity contribution in [1.29, 1.82) is 0 Å². The van der Waals surface area contributed by atoms with Crippen LogP contribution in [-0.4, -0.2) is 37.0 Å². The molecule has 118 valence electrons. The van der Waals surface area contributed by atoms with Gasteiger partial charge in [-0.05, 0) is 56.6 Å². The number of amides is 1. The molecule has 0 aromatic heterocycles. The van der Waals surface area contributed by atoms with Crippen LogP contribution in [0.25, 0.3) is 0 Å². The molecule has 0 aliphatic carbocycles. The SMILES string of the molecule is CCN(CC)CCCCNC(=O)CCc1ccc(Cl)cc1. The molecule has 1 rings (SSSR count). The number of carbonyl (C=O) groups excluding carboxylic acids is 1. The van der Waals surface area contributed by atoms with Crippen molar-refractivity contribution >= 4 is 17.5 Å². The summed E-state index contributed by atoms with van der Waals surface area (Å²) in [6, 6.07) is 7.67. The average Bonchev–Trinajstić information content (AvgIpc) is 2.50. The lowest BCUT2D eigenvalue weighted by atomic mass is 10.1. The Labute approximate surface area is 133 Å². The summed E-state index contributed by atoms with van der Waals surface area (Å²) in [5.74, 6) is 0.132. The third-order valence-corrected chi connectivity index (χ3v) is 3.92. The van der Waals surface area contributed by atoms with Gasteiger partial charge in [-0.3, -0.25) is 4.79 Å². The Kier molecular flexibility index (Phi) is 9.11.